The van der Waals surface area contributed by atoms with Gasteiger partial charge in [-0.25, -0.2) is 9.78 Å². The van der Waals surface area contributed by atoms with Crippen molar-refractivity contribution in [1.29, 1.82) is 0 Å². The molecule has 1 atom stereocenters. The molecule has 1 unspecified atom stereocenters. The summed E-state index contributed by atoms with van der Waals surface area (Å²) in [5, 5.41) is 0. The van der Waals surface area contributed by atoms with Gasteiger partial charge in [-0.05, 0) is 40.9 Å². The maximum atomic E-state index is 12.2. The van der Waals surface area contributed by atoms with Crippen molar-refractivity contribution >= 4 is 33.6 Å². The van der Waals surface area contributed by atoms with Gasteiger partial charge in [0.05, 0.1) is 6.61 Å². The van der Waals surface area contributed by atoms with Crippen molar-refractivity contribution in [2.45, 2.75) is 32.7 Å². The highest BCUT2D eigenvalue weighted by molar-refractivity contribution is 9.10. The Kier molecular flexibility index (Phi) is 5.17. The zero-order valence-corrected chi connectivity index (χ0v) is 13.6. The Balaban J connectivity index is 2.34. The highest BCUT2D eigenvalue weighted by Gasteiger charge is 2.36. The Hall–Kier alpha value is -1.63. The molecular formula is C14H17BrN2O4. The molecule has 1 aliphatic rings. The smallest absolute Gasteiger partial charge is 0.329 e. The number of halogens is 1. The van der Waals surface area contributed by atoms with Crippen LogP contribution in [0.15, 0.2) is 16.7 Å². The molecule has 0 fully saturated rings. The topological polar surface area (TPSA) is 68.7 Å². The molecule has 21 heavy (non-hydrogen) atoms. The van der Waals surface area contributed by atoms with Crippen molar-refractivity contribution < 1.29 is 19.1 Å². The molecule has 7 heteroatoms. The second-order valence-electron chi connectivity index (χ2n) is 4.60. The predicted octanol–water partition coefficient (Wildman–Crippen LogP) is 2.30. The fourth-order valence-corrected chi connectivity index (χ4v) is 2.40. The van der Waals surface area contributed by atoms with Gasteiger partial charge >= 0.3 is 5.97 Å². The van der Waals surface area contributed by atoms with E-state index in [4.69, 9.17) is 9.47 Å². The standard InChI is InChI=1S/C14H17BrN2O4/c1-3-7-20-14(19)9(4-2)17-12(18)8-21-10-5-6-11(15)16-13(10)17/h5-6,9H,3-4,7-8H2,1-2H3. The molecule has 1 amide bonds. The summed E-state index contributed by atoms with van der Waals surface area (Å²) in [6.07, 6.45) is 1.18. The maximum Gasteiger partial charge on any atom is 0.329 e. The predicted molar refractivity (Wildman–Crippen MR) is 80.2 cm³/mol. The molecule has 2 heterocycles. The van der Waals surface area contributed by atoms with E-state index in [1.807, 2.05) is 13.8 Å². The van der Waals surface area contributed by atoms with E-state index < -0.39 is 12.0 Å². The van der Waals surface area contributed by atoms with Gasteiger partial charge in [0.15, 0.2) is 18.2 Å². The van der Waals surface area contributed by atoms with Crippen molar-refractivity contribution in [2.24, 2.45) is 0 Å². The Morgan fingerprint density at radius 2 is 2.29 bits per heavy atom. The van der Waals surface area contributed by atoms with Crippen LogP contribution in [0.4, 0.5) is 5.82 Å². The first kappa shape index (κ1) is 15.8. The van der Waals surface area contributed by atoms with Crippen LogP contribution in [0.5, 0.6) is 5.75 Å². The van der Waals surface area contributed by atoms with E-state index in [1.54, 1.807) is 12.1 Å². The molecule has 0 saturated carbocycles. The number of rotatable bonds is 5. The van der Waals surface area contributed by atoms with E-state index in [9.17, 15) is 9.59 Å². The molecule has 0 aromatic carbocycles. The van der Waals surface area contributed by atoms with Gasteiger partial charge in [0.1, 0.15) is 10.6 Å². The average Bonchev–Trinajstić information content (AvgIpc) is 2.48. The third kappa shape index (κ3) is 3.34. The summed E-state index contributed by atoms with van der Waals surface area (Å²) in [6, 6.07) is 2.76. The van der Waals surface area contributed by atoms with Crippen LogP contribution < -0.4 is 9.64 Å². The quantitative estimate of drug-likeness (QED) is 0.598. The van der Waals surface area contributed by atoms with Crippen LogP contribution in [-0.2, 0) is 14.3 Å². The van der Waals surface area contributed by atoms with Crippen molar-refractivity contribution in [1.82, 2.24) is 4.98 Å². The molecule has 2 rings (SSSR count). The lowest BCUT2D eigenvalue weighted by atomic mass is 10.1. The Labute approximate surface area is 131 Å². The number of ether oxygens (including phenoxy) is 2. The normalized spacial score (nSPS) is 15.2. The summed E-state index contributed by atoms with van der Waals surface area (Å²) < 4.78 is 11.1. The number of pyridine rings is 1. The van der Waals surface area contributed by atoms with E-state index in [2.05, 4.69) is 20.9 Å². The van der Waals surface area contributed by atoms with Gasteiger partial charge in [-0.15, -0.1) is 0 Å². The van der Waals surface area contributed by atoms with Gasteiger partial charge in [-0.3, -0.25) is 9.69 Å². The summed E-state index contributed by atoms with van der Waals surface area (Å²) >= 11 is 3.27. The van der Waals surface area contributed by atoms with Gasteiger partial charge < -0.3 is 9.47 Å². The fourth-order valence-electron chi connectivity index (χ4n) is 2.10. The fraction of sp³-hybridized carbons (Fsp3) is 0.500. The Morgan fingerprint density at radius 3 is 2.95 bits per heavy atom. The summed E-state index contributed by atoms with van der Waals surface area (Å²) in [5.74, 6) is 0.121. The summed E-state index contributed by atoms with van der Waals surface area (Å²) in [6.45, 7) is 3.99. The summed E-state index contributed by atoms with van der Waals surface area (Å²) in [7, 11) is 0. The van der Waals surface area contributed by atoms with Gasteiger partial charge in [0.2, 0.25) is 0 Å². The SMILES string of the molecule is CCCOC(=O)C(CC)N1C(=O)COc2ccc(Br)nc21. The van der Waals surface area contributed by atoms with E-state index >= 15 is 0 Å². The molecule has 0 saturated heterocycles. The average molecular weight is 357 g/mol. The molecule has 114 valence electrons. The van der Waals surface area contributed by atoms with Crippen LogP contribution in [0.25, 0.3) is 0 Å². The van der Waals surface area contributed by atoms with Crippen molar-refractivity contribution in [2.75, 3.05) is 18.1 Å². The number of nitrogens with zero attached hydrogens (tertiary/aromatic N) is 2. The molecule has 0 radical (unpaired) electrons. The molecule has 1 aliphatic heterocycles. The van der Waals surface area contributed by atoms with Crippen molar-refractivity contribution in [3.05, 3.63) is 16.7 Å². The first-order valence-electron chi connectivity index (χ1n) is 6.86. The molecule has 0 aliphatic carbocycles. The molecule has 1 aromatic rings. The number of esters is 1. The maximum absolute atomic E-state index is 12.2. The third-order valence-corrected chi connectivity index (χ3v) is 3.51. The number of anilines is 1. The van der Waals surface area contributed by atoms with E-state index in [1.165, 1.54) is 4.90 Å². The number of carbonyl (C=O) groups is 2. The van der Waals surface area contributed by atoms with Gasteiger partial charge in [0.25, 0.3) is 5.91 Å². The van der Waals surface area contributed by atoms with Crippen LogP contribution in [0.1, 0.15) is 26.7 Å². The van der Waals surface area contributed by atoms with Crippen LogP contribution in [0.2, 0.25) is 0 Å². The molecule has 1 aromatic heterocycles. The minimum Gasteiger partial charge on any atom is -0.480 e. The minimum atomic E-state index is -0.687. The highest BCUT2D eigenvalue weighted by Crippen LogP contribution is 2.33. The molecular weight excluding hydrogens is 340 g/mol. The summed E-state index contributed by atoms with van der Waals surface area (Å²) in [5.41, 5.74) is 0. The molecule has 0 bridgehead atoms. The van der Waals surface area contributed by atoms with Crippen LogP contribution in [0.3, 0.4) is 0 Å². The van der Waals surface area contributed by atoms with Gasteiger partial charge in [0, 0.05) is 0 Å². The minimum absolute atomic E-state index is 0.103. The first-order chi connectivity index (χ1) is 10.1. The Bertz CT molecular complexity index is 550. The lowest BCUT2D eigenvalue weighted by molar-refractivity contribution is -0.146. The highest BCUT2D eigenvalue weighted by atomic mass is 79.9. The number of hydrogen-bond donors (Lipinski definition) is 0. The largest absolute Gasteiger partial charge is 0.480 e. The molecule has 0 spiro atoms. The lowest BCUT2D eigenvalue weighted by Gasteiger charge is -2.33. The second kappa shape index (κ2) is 6.89. The van der Waals surface area contributed by atoms with Gasteiger partial charge in [-0.1, -0.05) is 13.8 Å². The zero-order chi connectivity index (χ0) is 15.4. The monoisotopic (exact) mass is 356 g/mol. The number of fused-ring (bicyclic) bond motifs is 1. The number of hydrogen-bond acceptors (Lipinski definition) is 5. The summed E-state index contributed by atoms with van der Waals surface area (Å²) in [4.78, 5) is 30.0. The van der Waals surface area contributed by atoms with E-state index in [0.717, 1.165) is 6.42 Å². The molecule has 6 nitrogen and oxygen atoms in total. The zero-order valence-electron chi connectivity index (χ0n) is 12.0. The van der Waals surface area contributed by atoms with Gasteiger partial charge in [-0.2, -0.15) is 0 Å². The number of aromatic nitrogens is 1. The number of carbonyl (C=O) groups excluding carboxylic acids is 2. The second-order valence-corrected chi connectivity index (χ2v) is 5.41. The third-order valence-electron chi connectivity index (χ3n) is 3.07. The Morgan fingerprint density at radius 1 is 1.52 bits per heavy atom. The van der Waals surface area contributed by atoms with Crippen LogP contribution in [-0.4, -0.2) is 36.1 Å². The molecule has 0 N–H and O–H groups in total. The van der Waals surface area contributed by atoms with Crippen molar-refractivity contribution in [3.63, 3.8) is 0 Å². The van der Waals surface area contributed by atoms with E-state index in [-0.39, 0.29) is 12.5 Å². The van der Waals surface area contributed by atoms with Crippen molar-refractivity contribution in [3.8, 4) is 5.75 Å². The van der Waals surface area contributed by atoms with Crippen LogP contribution >= 0.6 is 15.9 Å². The van der Waals surface area contributed by atoms with Crippen LogP contribution in [0, 0.1) is 0 Å². The van der Waals surface area contributed by atoms with E-state index in [0.29, 0.717) is 29.2 Å². The first-order valence-corrected chi connectivity index (χ1v) is 7.65. The number of amides is 1. The lowest BCUT2D eigenvalue weighted by Crippen LogP contribution is -2.50.